The molecule has 6 nitrogen and oxygen atoms in total. The maximum atomic E-state index is 13.3. The van der Waals surface area contributed by atoms with Crippen LogP contribution in [0.25, 0.3) is 11.1 Å². The Hall–Kier alpha value is -3.80. The number of benzene rings is 3. The van der Waals surface area contributed by atoms with Crippen LogP contribution in [-0.4, -0.2) is 18.6 Å². The van der Waals surface area contributed by atoms with Gasteiger partial charge in [-0.1, -0.05) is 30.3 Å². The number of carbonyl (C=O) groups excluding carboxylic acids is 2. The third kappa shape index (κ3) is 3.30. The predicted octanol–water partition coefficient (Wildman–Crippen LogP) is 4.16. The van der Waals surface area contributed by atoms with E-state index in [-0.39, 0.29) is 12.7 Å². The number of fused-ring (bicyclic) bond motifs is 1. The Morgan fingerprint density at radius 2 is 1.71 bits per heavy atom. The van der Waals surface area contributed by atoms with E-state index in [9.17, 15) is 9.59 Å². The van der Waals surface area contributed by atoms with Crippen LogP contribution in [-0.2, 0) is 10.2 Å². The second kappa shape index (κ2) is 7.16. The van der Waals surface area contributed by atoms with Gasteiger partial charge in [-0.15, -0.1) is 0 Å². The minimum absolute atomic E-state index is 0.0179. The van der Waals surface area contributed by atoms with Crippen LogP contribution in [0.1, 0.15) is 34.3 Å². The summed E-state index contributed by atoms with van der Waals surface area (Å²) in [7, 11) is 0. The summed E-state index contributed by atoms with van der Waals surface area (Å²) >= 11 is 0. The molecule has 1 fully saturated rings. The highest BCUT2D eigenvalue weighted by atomic mass is 16.7. The minimum Gasteiger partial charge on any atom is -0.454 e. The van der Waals surface area contributed by atoms with E-state index in [1.54, 1.807) is 12.1 Å². The number of ether oxygens (including phenoxy) is 2. The maximum Gasteiger partial charge on any atom is 0.248 e. The molecular formula is C25H22N2O4. The van der Waals surface area contributed by atoms with Gasteiger partial charge in [0.15, 0.2) is 11.5 Å². The summed E-state index contributed by atoms with van der Waals surface area (Å²) in [5.74, 6) is 0.929. The van der Waals surface area contributed by atoms with E-state index in [1.165, 1.54) is 0 Å². The summed E-state index contributed by atoms with van der Waals surface area (Å²) in [6.07, 6.45) is 1.59. The molecule has 31 heavy (non-hydrogen) atoms. The molecule has 156 valence electrons. The second-order valence-corrected chi connectivity index (χ2v) is 8.02. The molecule has 1 saturated carbocycles. The molecule has 5 rings (SSSR count). The van der Waals surface area contributed by atoms with E-state index < -0.39 is 11.3 Å². The van der Waals surface area contributed by atoms with E-state index in [0.717, 1.165) is 40.8 Å². The lowest BCUT2D eigenvalue weighted by Gasteiger charge is -2.18. The van der Waals surface area contributed by atoms with Gasteiger partial charge in [0, 0.05) is 11.3 Å². The number of nitrogens with two attached hydrogens (primary N) is 1. The highest BCUT2D eigenvalue weighted by Crippen LogP contribution is 2.51. The molecule has 0 aromatic heterocycles. The molecule has 2 amide bonds. The molecule has 3 aromatic carbocycles. The molecule has 0 spiro atoms. The van der Waals surface area contributed by atoms with Crippen molar-refractivity contribution >= 4 is 17.5 Å². The number of hydrogen-bond acceptors (Lipinski definition) is 4. The first kappa shape index (κ1) is 19.2. The lowest BCUT2D eigenvalue weighted by Crippen LogP contribution is -2.28. The molecule has 6 heteroatoms. The molecule has 0 unspecified atom stereocenters. The first-order valence-corrected chi connectivity index (χ1v) is 10.2. The zero-order valence-corrected chi connectivity index (χ0v) is 17.1. The lowest BCUT2D eigenvalue weighted by molar-refractivity contribution is -0.118. The first-order chi connectivity index (χ1) is 15.0. The van der Waals surface area contributed by atoms with Crippen molar-refractivity contribution < 1.29 is 19.1 Å². The topological polar surface area (TPSA) is 90.7 Å². The highest BCUT2D eigenvalue weighted by molar-refractivity contribution is 6.02. The van der Waals surface area contributed by atoms with E-state index >= 15 is 0 Å². The molecule has 2 aliphatic rings. The Bertz CT molecular complexity index is 1200. The zero-order chi connectivity index (χ0) is 21.6. The van der Waals surface area contributed by atoms with Gasteiger partial charge in [-0.25, -0.2) is 0 Å². The maximum absolute atomic E-state index is 13.3. The Morgan fingerprint density at radius 1 is 0.968 bits per heavy atom. The fourth-order valence-corrected chi connectivity index (χ4v) is 4.11. The normalized spacial score (nSPS) is 15.4. The third-order valence-electron chi connectivity index (χ3n) is 6.17. The summed E-state index contributed by atoms with van der Waals surface area (Å²) in [6, 6.07) is 18.7. The molecule has 3 N–H and O–H groups in total. The lowest BCUT2D eigenvalue weighted by atomic mass is 9.93. The quantitative estimate of drug-likeness (QED) is 0.656. The van der Waals surface area contributed by atoms with Gasteiger partial charge in [-0.2, -0.15) is 0 Å². The monoisotopic (exact) mass is 414 g/mol. The third-order valence-corrected chi connectivity index (χ3v) is 6.17. The Morgan fingerprint density at radius 3 is 2.42 bits per heavy atom. The Labute approximate surface area is 180 Å². The molecule has 1 aliphatic heterocycles. The number of rotatable bonds is 5. The summed E-state index contributed by atoms with van der Waals surface area (Å²) < 4.78 is 10.9. The minimum atomic E-state index is -0.535. The molecule has 0 bridgehead atoms. The van der Waals surface area contributed by atoms with Gasteiger partial charge in [-0.05, 0) is 72.4 Å². The van der Waals surface area contributed by atoms with Gasteiger partial charge in [-0.3, -0.25) is 9.59 Å². The van der Waals surface area contributed by atoms with Gasteiger partial charge >= 0.3 is 0 Å². The molecule has 0 radical (unpaired) electrons. The van der Waals surface area contributed by atoms with Gasteiger partial charge in [0.2, 0.25) is 18.6 Å². The van der Waals surface area contributed by atoms with Crippen LogP contribution in [0.5, 0.6) is 11.5 Å². The molecule has 0 saturated heterocycles. The SMILES string of the molecule is Cc1c(NC(=O)C2(c3ccc4c(c3)OCO4)CC2)cccc1-c1ccc(C(N)=O)cc1. The van der Waals surface area contributed by atoms with Crippen molar-refractivity contribution in [1.82, 2.24) is 0 Å². The first-order valence-electron chi connectivity index (χ1n) is 10.2. The number of nitrogens with one attached hydrogen (secondary N) is 1. The van der Waals surface area contributed by atoms with Gasteiger partial charge < -0.3 is 20.5 Å². The standard InChI is InChI=1S/C25H22N2O4/c1-15-19(16-5-7-17(8-6-16)23(26)28)3-2-4-20(15)27-24(29)25(11-12-25)18-9-10-21-22(13-18)31-14-30-21/h2-10,13H,11-12,14H2,1H3,(H2,26,28)(H,27,29). The van der Waals surface area contributed by atoms with E-state index in [2.05, 4.69) is 5.32 Å². The van der Waals surface area contributed by atoms with Crippen molar-refractivity contribution in [3.63, 3.8) is 0 Å². The molecular weight excluding hydrogens is 392 g/mol. The van der Waals surface area contributed by atoms with Crippen molar-refractivity contribution in [2.24, 2.45) is 5.73 Å². The predicted molar refractivity (Wildman–Crippen MR) is 117 cm³/mol. The largest absolute Gasteiger partial charge is 0.454 e. The van der Waals surface area contributed by atoms with Crippen LogP contribution in [0.15, 0.2) is 60.7 Å². The van der Waals surface area contributed by atoms with Crippen molar-refractivity contribution in [1.29, 1.82) is 0 Å². The Balaban J connectivity index is 1.41. The van der Waals surface area contributed by atoms with Gasteiger partial charge in [0.1, 0.15) is 0 Å². The van der Waals surface area contributed by atoms with Crippen molar-refractivity contribution in [3.8, 4) is 22.6 Å². The van der Waals surface area contributed by atoms with Crippen LogP contribution in [0.3, 0.4) is 0 Å². The van der Waals surface area contributed by atoms with Crippen molar-refractivity contribution in [3.05, 3.63) is 77.4 Å². The molecule has 3 aromatic rings. The summed E-state index contributed by atoms with van der Waals surface area (Å²) in [6.45, 7) is 2.19. The second-order valence-electron chi connectivity index (χ2n) is 8.02. The van der Waals surface area contributed by atoms with E-state index in [4.69, 9.17) is 15.2 Å². The van der Waals surface area contributed by atoms with Crippen LogP contribution in [0.4, 0.5) is 5.69 Å². The average molecular weight is 414 g/mol. The van der Waals surface area contributed by atoms with Crippen molar-refractivity contribution in [2.45, 2.75) is 25.2 Å². The molecule has 1 aliphatic carbocycles. The van der Waals surface area contributed by atoms with Crippen LogP contribution in [0.2, 0.25) is 0 Å². The fourth-order valence-electron chi connectivity index (χ4n) is 4.11. The van der Waals surface area contributed by atoms with Crippen LogP contribution in [0, 0.1) is 6.92 Å². The smallest absolute Gasteiger partial charge is 0.248 e. The number of primary amides is 1. The van der Waals surface area contributed by atoms with E-state index in [1.807, 2.05) is 55.5 Å². The van der Waals surface area contributed by atoms with E-state index in [0.29, 0.717) is 17.1 Å². The molecule has 1 heterocycles. The average Bonchev–Trinajstić information content (AvgIpc) is 3.46. The number of amides is 2. The summed E-state index contributed by atoms with van der Waals surface area (Å²) in [5, 5.41) is 3.13. The number of carbonyl (C=O) groups is 2. The van der Waals surface area contributed by atoms with Crippen molar-refractivity contribution in [2.75, 3.05) is 12.1 Å². The van der Waals surface area contributed by atoms with Crippen LogP contribution < -0.4 is 20.5 Å². The summed E-state index contributed by atoms with van der Waals surface area (Å²) in [5.41, 5.74) is 9.89. The summed E-state index contributed by atoms with van der Waals surface area (Å²) in [4.78, 5) is 24.6. The van der Waals surface area contributed by atoms with Gasteiger partial charge in [0.25, 0.3) is 0 Å². The zero-order valence-electron chi connectivity index (χ0n) is 17.1. The Kier molecular flexibility index (Phi) is 4.43. The number of anilines is 1. The fraction of sp³-hybridized carbons (Fsp3) is 0.200. The van der Waals surface area contributed by atoms with Gasteiger partial charge in [0.05, 0.1) is 5.41 Å². The highest BCUT2D eigenvalue weighted by Gasteiger charge is 2.51. The van der Waals surface area contributed by atoms with Crippen LogP contribution >= 0.6 is 0 Å². The molecule has 0 atom stereocenters. The number of hydrogen-bond donors (Lipinski definition) is 2.